The van der Waals surface area contributed by atoms with Gasteiger partial charge in [0.05, 0.1) is 0 Å². The molecule has 0 radical (unpaired) electrons. The number of hydrogen-bond donors (Lipinski definition) is 5. The van der Waals surface area contributed by atoms with Crippen LogP contribution in [0.15, 0.2) is 0 Å². The summed E-state index contributed by atoms with van der Waals surface area (Å²) in [7, 11) is 1.43. The lowest BCUT2D eigenvalue weighted by atomic mass is 10.0. The maximum Gasteiger partial charge on any atom is 0.319 e. The molecule has 0 saturated heterocycles. The average Bonchev–Trinajstić information content (AvgIpc) is 2.34. The molecule has 0 aromatic rings. The fraction of sp³-hybridized carbons (Fsp3) is 0.727. The minimum atomic E-state index is -1.82. The summed E-state index contributed by atoms with van der Waals surface area (Å²) in [5.41, 5.74) is 0. The minimum Gasteiger partial charge on any atom is -0.480 e. The van der Waals surface area contributed by atoms with Crippen LogP contribution in [0, 0.1) is 5.92 Å². The first kappa shape index (κ1) is 17.7. The fourth-order valence-corrected chi connectivity index (χ4v) is 1.55. The number of carbonyl (C=O) groups excluding carboxylic acids is 2. The molecule has 19 heavy (non-hydrogen) atoms. The van der Waals surface area contributed by atoms with Crippen molar-refractivity contribution in [2.45, 2.75) is 37.7 Å². The summed E-state index contributed by atoms with van der Waals surface area (Å²) in [5, 5.41) is 21.3. The first-order valence-corrected chi connectivity index (χ1v) is 6.33. The quantitative estimate of drug-likeness (QED) is 0.386. The molecular weight excluding hydrogens is 272 g/mol. The predicted octanol–water partition coefficient (Wildman–Crippen LogP) is -0.993. The Morgan fingerprint density at radius 1 is 1.21 bits per heavy atom. The summed E-state index contributed by atoms with van der Waals surface area (Å²) in [6, 6.07) is -0.818. The van der Waals surface area contributed by atoms with Crippen molar-refractivity contribution in [3.05, 3.63) is 0 Å². The average molecular weight is 292 g/mol. The van der Waals surface area contributed by atoms with E-state index in [0.717, 1.165) is 0 Å². The van der Waals surface area contributed by atoms with Crippen molar-refractivity contribution in [3.8, 4) is 0 Å². The molecular formula is C11H20N2O5S. The van der Waals surface area contributed by atoms with Crippen molar-refractivity contribution in [2.75, 3.05) is 7.05 Å². The lowest BCUT2D eigenvalue weighted by Gasteiger charge is -2.21. The van der Waals surface area contributed by atoms with Crippen LogP contribution in [0.25, 0.3) is 0 Å². The maximum atomic E-state index is 11.6. The van der Waals surface area contributed by atoms with Crippen LogP contribution < -0.4 is 10.6 Å². The summed E-state index contributed by atoms with van der Waals surface area (Å²) in [4.78, 5) is 33.8. The smallest absolute Gasteiger partial charge is 0.319 e. The zero-order chi connectivity index (χ0) is 15.2. The van der Waals surface area contributed by atoms with Crippen molar-refractivity contribution < 1.29 is 24.6 Å². The third-order valence-electron chi connectivity index (χ3n) is 2.41. The molecule has 0 aromatic heterocycles. The predicted molar refractivity (Wildman–Crippen MR) is 71.9 cm³/mol. The summed E-state index contributed by atoms with van der Waals surface area (Å²) < 4.78 is 0. The van der Waals surface area contributed by atoms with Gasteiger partial charge >= 0.3 is 5.97 Å². The Labute approximate surface area is 117 Å². The number of thiol groups is 1. The Kier molecular flexibility index (Phi) is 7.47. The van der Waals surface area contributed by atoms with Crippen molar-refractivity contribution >= 4 is 30.4 Å². The molecule has 0 aliphatic heterocycles. The monoisotopic (exact) mass is 292 g/mol. The molecule has 0 aliphatic rings. The van der Waals surface area contributed by atoms with Gasteiger partial charge in [-0.05, 0) is 12.3 Å². The molecule has 0 rings (SSSR count). The molecule has 110 valence electrons. The molecule has 8 heteroatoms. The third kappa shape index (κ3) is 5.93. The first-order chi connectivity index (χ1) is 8.70. The number of aliphatic carboxylic acids is 1. The number of carbonyl (C=O) groups is 3. The zero-order valence-corrected chi connectivity index (χ0v) is 12.0. The van der Waals surface area contributed by atoms with Crippen molar-refractivity contribution in [2.24, 2.45) is 5.92 Å². The van der Waals surface area contributed by atoms with Crippen LogP contribution in [0.4, 0.5) is 0 Å². The molecule has 7 nitrogen and oxygen atoms in total. The van der Waals surface area contributed by atoms with Crippen LogP contribution in [0.5, 0.6) is 0 Å². The molecule has 3 atom stereocenters. The molecule has 0 aromatic carbocycles. The summed E-state index contributed by atoms with van der Waals surface area (Å²) >= 11 is 3.62. The summed E-state index contributed by atoms with van der Waals surface area (Å²) in [6.07, 6.45) is -1.44. The Morgan fingerprint density at radius 3 is 2.11 bits per heavy atom. The highest BCUT2D eigenvalue weighted by atomic mass is 32.1. The largest absolute Gasteiger partial charge is 0.480 e. The van der Waals surface area contributed by atoms with E-state index in [9.17, 15) is 19.5 Å². The molecule has 2 amide bonds. The molecule has 0 heterocycles. The number of aliphatic hydroxyl groups excluding tert-OH is 1. The zero-order valence-electron chi connectivity index (χ0n) is 11.1. The Balaban J connectivity index is 4.70. The molecule has 4 N–H and O–H groups in total. The van der Waals surface area contributed by atoms with Gasteiger partial charge in [-0.25, -0.2) is 0 Å². The van der Waals surface area contributed by atoms with Gasteiger partial charge < -0.3 is 20.8 Å². The van der Waals surface area contributed by atoms with Gasteiger partial charge in [-0.2, -0.15) is 12.6 Å². The number of carboxylic acids is 1. The number of likely N-dealkylation sites (N-methyl/N-ethyl adjacent to an activating group) is 1. The van der Waals surface area contributed by atoms with E-state index in [-0.39, 0.29) is 5.92 Å². The van der Waals surface area contributed by atoms with E-state index in [4.69, 9.17) is 5.11 Å². The summed E-state index contributed by atoms with van der Waals surface area (Å²) in [6.45, 7) is 3.74. The molecule has 0 spiro atoms. The topological polar surface area (TPSA) is 116 Å². The standard InChI is InChI=1S/C11H20N2O5S/c1-5(2)4-6(9(15)12-3)13-10(16)7(14)8(19)11(17)18/h5-8,14,19H,4H2,1-3H3,(H,12,15)(H,13,16)(H,17,18)/t6-,7-,8+/m0/s1. The Bertz CT molecular complexity index is 348. The van der Waals surface area contributed by atoms with Crippen LogP contribution in [-0.4, -0.2) is 52.4 Å². The van der Waals surface area contributed by atoms with E-state index < -0.39 is 35.2 Å². The van der Waals surface area contributed by atoms with Crippen LogP contribution in [0.1, 0.15) is 20.3 Å². The number of nitrogens with one attached hydrogen (secondary N) is 2. The number of hydrogen-bond acceptors (Lipinski definition) is 5. The van der Waals surface area contributed by atoms with Crippen LogP contribution in [0.3, 0.4) is 0 Å². The number of carboxylic acid groups (broad SMARTS) is 1. The van der Waals surface area contributed by atoms with Gasteiger partial charge in [0.25, 0.3) is 5.91 Å². The van der Waals surface area contributed by atoms with Gasteiger partial charge in [0.1, 0.15) is 11.3 Å². The second kappa shape index (κ2) is 8.00. The molecule has 0 unspecified atom stereocenters. The van der Waals surface area contributed by atoms with E-state index in [1.807, 2.05) is 13.8 Å². The van der Waals surface area contributed by atoms with E-state index in [1.165, 1.54) is 7.05 Å². The van der Waals surface area contributed by atoms with Gasteiger partial charge in [0.15, 0.2) is 6.10 Å². The third-order valence-corrected chi connectivity index (χ3v) is 2.91. The molecule has 0 fully saturated rings. The Hall–Kier alpha value is -1.28. The lowest BCUT2D eigenvalue weighted by Crippen LogP contribution is -2.52. The van der Waals surface area contributed by atoms with Crippen LogP contribution in [-0.2, 0) is 14.4 Å². The van der Waals surface area contributed by atoms with Crippen LogP contribution >= 0.6 is 12.6 Å². The van der Waals surface area contributed by atoms with E-state index >= 15 is 0 Å². The van der Waals surface area contributed by atoms with E-state index in [0.29, 0.717) is 6.42 Å². The fourth-order valence-electron chi connectivity index (χ4n) is 1.41. The molecule has 0 aliphatic carbocycles. The van der Waals surface area contributed by atoms with Gasteiger partial charge in [0.2, 0.25) is 5.91 Å². The highest BCUT2D eigenvalue weighted by Gasteiger charge is 2.31. The summed E-state index contributed by atoms with van der Waals surface area (Å²) in [5.74, 6) is -2.60. The van der Waals surface area contributed by atoms with Crippen molar-refractivity contribution in [1.29, 1.82) is 0 Å². The van der Waals surface area contributed by atoms with Gasteiger partial charge in [-0.15, -0.1) is 0 Å². The molecule has 0 saturated carbocycles. The van der Waals surface area contributed by atoms with E-state index in [2.05, 4.69) is 23.3 Å². The maximum absolute atomic E-state index is 11.6. The van der Waals surface area contributed by atoms with Crippen molar-refractivity contribution in [3.63, 3.8) is 0 Å². The van der Waals surface area contributed by atoms with Crippen molar-refractivity contribution in [1.82, 2.24) is 10.6 Å². The van der Waals surface area contributed by atoms with Gasteiger partial charge in [0, 0.05) is 7.05 Å². The minimum absolute atomic E-state index is 0.144. The number of aliphatic hydroxyl groups is 1. The van der Waals surface area contributed by atoms with Gasteiger partial charge in [-0.3, -0.25) is 14.4 Å². The highest BCUT2D eigenvalue weighted by Crippen LogP contribution is 2.07. The Morgan fingerprint density at radius 2 is 1.74 bits per heavy atom. The number of rotatable bonds is 7. The lowest BCUT2D eigenvalue weighted by molar-refractivity contribution is -0.143. The van der Waals surface area contributed by atoms with E-state index in [1.54, 1.807) is 0 Å². The second-order valence-corrected chi connectivity index (χ2v) is 5.09. The first-order valence-electron chi connectivity index (χ1n) is 5.81. The highest BCUT2D eigenvalue weighted by molar-refractivity contribution is 7.81. The van der Waals surface area contributed by atoms with Crippen LogP contribution in [0.2, 0.25) is 0 Å². The SMILES string of the molecule is CNC(=O)[C@H](CC(C)C)NC(=O)[C@@H](O)[C@@H](S)C(=O)O. The number of amides is 2. The van der Waals surface area contributed by atoms with Gasteiger partial charge in [-0.1, -0.05) is 13.8 Å². The normalized spacial score (nSPS) is 15.5. The molecule has 0 bridgehead atoms. The second-order valence-electron chi connectivity index (χ2n) is 4.53.